The number of hydrogen-bond acceptors (Lipinski definition) is 5. The van der Waals surface area contributed by atoms with E-state index in [0.29, 0.717) is 17.4 Å². The highest BCUT2D eigenvalue weighted by Crippen LogP contribution is 2.33. The van der Waals surface area contributed by atoms with E-state index in [-0.39, 0.29) is 5.91 Å². The zero-order valence-electron chi connectivity index (χ0n) is 15.2. The third kappa shape index (κ3) is 2.96. The average molecular weight is 379 g/mol. The highest BCUT2D eigenvalue weighted by atomic mass is 32.1. The third-order valence-corrected chi connectivity index (χ3v) is 6.30. The molecule has 0 spiro atoms. The number of benzene rings is 1. The van der Waals surface area contributed by atoms with Crippen molar-refractivity contribution in [3.63, 3.8) is 0 Å². The van der Waals surface area contributed by atoms with E-state index in [4.69, 9.17) is 4.98 Å². The maximum absolute atomic E-state index is 12.7. The molecule has 6 nitrogen and oxygen atoms in total. The summed E-state index contributed by atoms with van der Waals surface area (Å²) in [5.41, 5.74) is 7.45. The molecule has 5 rings (SSSR count). The molecule has 3 heterocycles. The fraction of sp³-hybridized carbons (Fsp3) is 0.350. The van der Waals surface area contributed by atoms with E-state index in [2.05, 4.69) is 46.0 Å². The Morgan fingerprint density at radius 3 is 3.04 bits per heavy atom. The van der Waals surface area contributed by atoms with Gasteiger partial charge in [0.15, 0.2) is 10.8 Å². The Balaban J connectivity index is 1.40. The van der Waals surface area contributed by atoms with Crippen LogP contribution in [0.5, 0.6) is 0 Å². The SMILES string of the molecule is Cc1sc(NC(=O)c2n[nH]c3c2CNCC3)nc1-c1ccc2c(c1)CCC2. The molecule has 1 aromatic carbocycles. The molecule has 0 saturated heterocycles. The second kappa shape index (κ2) is 6.58. The third-order valence-electron chi connectivity index (χ3n) is 5.41. The number of amides is 1. The topological polar surface area (TPSA) is 82.7 Å². The summed E-state index contributed by atoms with van der Waals surface area (Å²) in [5.74, 6) is -0.203. The van der Waals surface area contributed by atoms with Crippen LogP contribution < -0.4 is 10.6 Å². The number of rotatable bonds is 3. The molecule has 0 unspecified atom stereocenters. The molecule has 2 aliphatic rings. The number of fused-ring (bicyclic) bond motifs is 2. The van der Waals surface area contributed by atoms with Gasteiger partial charge in [0.1, 0.15) is 0 Å². The predicted octanol–water partition coefficient (Wildman–Crippen LogP) is 3.23. The molecule has 1 aliphatic heterocycles. The number of carbonyl (C=O) groups is 1. The van der Waals surface area contributed by atoms with Crippen LogP contribution in [0.15, 0.2) is 18.2 Å². The number of anilines is 1. The first-order chi connectivity index (χ1) is 13.2. The molecule has 3 N–H and O–H groups in total. The molecule has 1 amide bonds. The summed E-state index contributed by atoms with van der Waals surface area (Å²) in [7, 11) is 0. The van der Waals surface area contributed by atoms with Gasteiger partial charge < -0.3 is 5.32 Å². The minimum atomic E-state index is -0.203. The zero-order chi connectivity index (χ0) is 18.4. The minimum absolute atomic E-state index is 0.203. The van der Waals surface area contributed by atoms with Crippen LogP contribution in [-0.2, 0) is 25.8 Å². The number of hydrogen-bond donors (Lipinski definition) is 3. The van der Waals surface area contributed by atoms with Crippen molar-refractivity contribution in [1.29, 1.82) is 0 Å². The van der Waals surface area contributed by atoms with E-state index in [1.54, 1.807) is 0 Å². The number of nitrogens with one attached hydrogen (secondary N) is 3. The van der Waals surface area contributed by atoms with Crippen molar-refractivity contribution in [2.45, 2.75) is 39.2 Å². The van der Waals surface area contributed by atoms with Gasteiger partial charge in [-0.15, -0.1) is 11.3 Å². The van der Waals surface area contributed by atoms with E-state index >= 15 is 0 Å². The molecule has 0 radical (unpaired) electrons. The van der Waals surface area contributed by atoms with Crippen molar-refractivity contribution in [2.75, 3.05) is 11.9 Å². The van der Waals surface area contributed by atoms with Crippen LogP contribution in [0.2, 0.25) is 0 Å². The van der Waals surface area contributed by atoms with Crippen LogP contribution >= 0.6 is 11.3 Å². The normalized spacial score (nSPS) is 15.4. The van der Waals surface area contributed by atoms with E-state index in [0.717, 1.165) is 46.8 Å². The highest BCUT2D eigenvalue weighted by Gasteiger charge is 2.23. The Morgan fingerprint density at radius 1 is 1.22 bits per heavy atom. The average Bonchev–Trinajstić information content (AvgIpc) is 3.38. The van der Waals surface area contributed by atoms with E-state index in [1.807, 2.05) is 0 Å². The van der Waals surface area contributed by atoms with Gasteiger partial charge in [-0.3, -0.25) is 15.2 Å². The van der Waals surface area contributed by atoms with Crippen LogP contribution in [0.1, 0.15) is 44.2 Å². The van der Waals surface area contributed by atoms with Crippen LogP contribution in [0.4, 0.5) is 5.13 Å². The minimum Gasteiger partial charge on any atom is -0.312 e. The van der Waals surface area contributed by atoms with Crippen molar-refractivity contribution < 1.29 is 4.79 Å². The van der Waals surface area contributed by atoms with Gasteiger partial charge in [-0.2, -0.15) is 5.10 Å². The highest BCUT2D eigenvalue weighted by molar-refractivity contribution is 7.16. The first kappa shape index (κ1) is 16.6. The Morgan fingerprint density at radius 2 is 2.11 bits per heavy atom. The van der Waals surface area contributed by atoms with Gasteiger partial charge in [-0.1, -0.05) is 12.1 Å². The molecule has 0 atom stereocenters. The standard InChI is InChI=1S/C20H21N5OS/c1-11-17(14-6-5-12-3-2-4-13(12)9-14)22-20(27-11)23-19(26)18-15-10-21-8-7-16(15)24-25-18/h5-6,9,21H,2-4,7-8,10H2,1H3,(H,24,25)(H,22,23,26). The Labute approximate surface area is 161 Å². The summed E-state index contributed by atoms with van der Waals surface area (Å²) >= 11 is 1.51. The number of H-pyrrole nitrogens is 1. The Kier molecular flexibility index (Phi) is 4.06. The Hall–Kier alpha value is -2.51. The van der Waals surface area contributed by atoms with Crippen LogP contribution in [0.25, 0.3) is 11.3 Å². The van der Waals surface area contributed by atoms with Crippen molar-refractivity contribution >= 4 is 22.4 Å². The second-order valence-corrected chi connectivity index (χ2v) is 8.37. The molecule has 0 fully saturated rings. The van der Waals surface area contributed by atoms with Gasteiger partial charge in [0.05, 0.1) is 5.69 Å². The summed E-state index contributed by atoms with van der Waals surface area (Å²) in [5, 5.41) is 14.1. The molecule has 138 valence electrons. The van der Waals surface area contributed by atoms with Crippen molar-refractivity contribution in [3.8, 4) is 11.3 Å². The lowest BCUT2D eigenvalue weighted by atomic mass is 10.0. The first-order valence-electron chi connectivity index (χ1n) is 9.37. The fourth-order valence-corrected chi connectivity index (χ4v) is 4.84. The summed E-state index contributed by atoms with van der Waals surface area (Å²) < 4.78 is 0. The lowest BCUT2D eigenvalue weighted by Gasteiger charge is -2.12. The fourth-order valence-electron chi connectivity index (χ4n) is 4.01. The van der Waals surface area contributed by atoms with E-state index < -0.39 is 0 Å². The Bertz CT molecular complexity index is 1040. The summed E-state index contributed by atoms with van der Waals surface area (Å²) in [4.78, 5) is 18.5. The number of aromatic nitrogens is 3. The molecule has 0 saturated carbocycles. The maximum atomic E-state index is 12.7. The second-order valence-electron chi connectivity index (χ2n) is 7.17. The quantitative estimate of drug-likeness (QED) is 0.652. The lowest BCUT2D eigenvalue weighted by molar-refractivity contribution is 0.102. The van der Waals surface area contributed by atoms with Crippen molar-refractivity contribution in [1.82, 2.24) is 20.5 Å². The van der Waals surface area contributed by atoms with Crippen LogP contribution in [0, 0.1) is 6.92 Å². The van der Waals surface area contributed by atoms with Crippen LogP contribution in [-0.4, -0.2) is 27.6 Å². The van der Waals surface area contributed by atoms with Gasteiger partial charge in [0.25, 0.3) is 5.91 Å². The number of nitrogens with zero attached hydrogens (tertiary/aromatic N) is 2. The lowest BCUT2D eigenvalue weighted by Crippen LogP contribution is -2.25. The smallest absolute Gasteiger partial charge is 0.278 e. The van der Waals surface area contributed by atoms with Crippen molar-refractivity contribution in [3.05, 3.63) is 51.2 Å². The number of aromatic amines is 1. The van der Waals surface area contributed by atoms with Crippen molar-refractivity contribution in [2.24, 2.45) is 0 Å². The first-order valence-corrected chi connectivity index (χ1v) is 10.2. The largest absolute Gasteiger partial charge is 0.312 e. The molecule has 0 bridgehead atoms. The van der Waals surface area contributed by atoms with E-state index in [9.17, 15) is 4.79 Å². The number of carbonyl (C=O) groups excluding carboxylic acids is 1. The summed E-state index contributed by atoms with van der Waals surface area (Å²) in [6, 6.07) is 6.62. The van der Waals surface area contributed by atoms with Gasteiger partial charge in [-0.25, -0.2) is 4.98 Å². The molecule has 3 aromatic rings. The van der Waals surface area contributed by atoms with Crippen LogP contribution in [0.3, 0.4) is 0 Å². The molecular weight excluding hydrogens is 358 g/mol. The van der Waals surface area contributed by atoms with Gasteiger partial charge in [0.2, 0.25) is 0 Å². The zero-order valence-corrected chi connectivity index (χ0v) is 16.0. The predicted molar refractivity (Wildman–Crippen MR) is 106 cm³/mol. The van der Waals surface area contributed by atoms with E-state index in [1.165, 1.54) is 35.3 Å². The number of aryl methyl sites for hydroxylation is 3. The number of thiazole rings is 1. The molecule has 2 aromatic heterocycles. The van der Waals surface area contributed by atoms with Gasteiger partial charge in [0, 0.05) is 41.2 Å². The summed E-state index contributed by atoms with van der Waals surface area (Å²) in [6.45, 7) is 3.63. The molecular formula is C20H21N5OS. The molecule has 7 heteroatoms. The monoisotopic (exact) mass is 379 g/mol. The van der Waals surface area contributed by atoms with Gasteiger partial charge >= 0.3 is 0 Å². The summed E-state index contributed by atoms with van der Waals surface area (Å²) in [6.07, 6.45) is 4.43. The molecule has 27 heavy (non-hydrogen) atoms. The maximum Gasteiger partial charge on any atom is 0.278 e. The molecule has 1 aliphatic carbocycles. The van der Waals surface area contributed by atoms with Gasteiger partial charge in [-0.05, 0) is 43.4 Å².